The highest BCUT2D eigenvalue weighted by Gasteiger charge is 2.39. The van der Waals surface area contributed by atoms with Gasteiger partial charge in [0, 0.05) is 17.1 Å². The van der Waals surface area contributed by atoms with Gasteiger partial charge in [0.2, 0.25) is 11.8 Å². The summed E-state index contributed by atoms with van der Waals surface area (Å²) >= 11 is 1.58. The lowest BCUT2D eigenvalue weighted by Gasteiger charge is -2.39. The highest BCUT2D eigenvalue weighted by Crippen LogP contribution is 2.43. The molecule has 6 rings (SSSR count). The first-order chi connectivity index (χ1) is 17.6. The summed E-state index contributed by atoms with van der Waals surface area (Å²) in [5.41, 5.74) is 3.79. The van der Waals surface area contributed by atoms with Crippen LogP contribution in [0, 0.1) is 0 Å². The zero-order valence-corrected chi connectivity index (χ0v) is 20.9. The van der Waals surface area contributed by atoms with Crippen LogP contribution in [0.5, 0.6) is 5.75 Å². The molecule has 2 aromatic heterocycles. The first-order valence-corrected chi connectivity index (χ1v) is 13.1. The van der Waals surface area contributed by atoms with Gasteiger partial charge in [-0.25, -0.2) is 0 Å². The quantitative estimate of drug-likeness (QED) is 0.352. The maximum absolute atomic E-state index is 14.1. The Morgan fingerprint density at radius 2 is 1.75 bits per heavy atom. The number of carbonyl (C=O) groups excluding carboxylic acids is 2. The molecular weight excluding hydrogens is 470 g/mol. The van der Waals surface area contributed by atoms with Crippen LogP contribution in [0.1, 0.15) is 35.0 Å². The predicted octanol–water partition coefficient (Wildman–Crippen LogP) is 5.22. The number of fused-ring (bicyclic) bond motifs is 3. The van der Waals surface area contributed by atoms with Gasteiger partial charge in [-0.05, 0) is 66.2 Å². The van der Waals surface area contributed by atoms with E-state index in [4.69, 9.17) is 4.74 Å². The summed E-state index contributed by atoms with van der Waals surface area (Å²) in [5.74, 6) is 0.701. The summed E-state index contributed by atoms with van der Waals surface area (Å²) < 4.78 is 7.52. The van der Waals surface area contributed by atoms with Gasteiger partial charge in [-0.3, -0.25) is 14.5 Å². The van der Waals surface area contributed by atoms with Crippen molar-refractivity contribution in [2.45, 2.75) is 31.3 Å². The first kappa shape index (κ1) is 22.6. The summed E-state index contributed by atoms with van der Waals surface area (Å²) in [6.07, 6.45) is 4.27. The highest BCUT2D eigenvalue weighted by atomic mass is 32.1. The van der Waals surface area contributed by atoms with Gasteiger partial charge in [-0.1, -0.05) is 30.3 Å². The maximum Gasteiger partial charge on any atom is 0.247 e. The van der Waals surface area contributed by atoms with Gasteiger partial charge in [-0.2, -0.15) is 0 Å². The number of anilines is 1. The van der Waals surface area contributed by atoms with Crippen LogP contribution in [-0.4, -0.2) is 41.0 Å². The van der Waals surface area contributed by atoms with Gasteiger partial charge >= 0.3 is 0 Å². The van der Waals surface area contributed by atoms with Crippen LogP contribution in [0.3, 0.4) is 0 Å². The molecule has 0 radical (unpaired) electrons. The zero-order chi connectivity index (χ0) is 24.6. The number of carbonyl (C=O) groups is 2. The van der Waals surface area contributed by atoms with E-state index >= 15 is 0 Å². The number of para-hydroxylation sites is 2. The van der Waals surface area contributed by atoms with Crippen LogP contribution in [0.4, 0.5) is 5.69 Å². The van der Waals surface area contributed by atoms with E-state index in [0.29, 0.717) is 6.42 Å². The number of rotatable bonds is 7. The molecule has 1 fully saturated rings. The van der Waals surface area contributed by atoms with E-state index in [9.17, 15) is 9.59 Å². The molecule has 1 saturated carbocycles. The minimum absolute atomic E-state index is 0.0166. The van der Waals surface area contributed by atoms with E-state index < -0.39 is 0 Å². The fourth-order valence-electron chi connectivity index (χ4n) is 5.06. The highest BCUT2D eigenvalue weighted by molar-refractivity contribution is 7.10. The van der Waals surface area contributed by atoms with E-state index in [2.05, 4.69) is 10.6 Å². The molecule has 4 aromatic rings. The van der Waals surface area contributed by atoms with E-state index in [0.717, 1.165) is 46.1 Å². The van der Waals surface area contributed by atoms with Gasteiger partial charge in [0.25, 0.3) is 0 Å². The summed E-state index contributed by atoms with van der Waals surface area (Å²) in [7, 11) is 1.65. The molecule has 6 nitrogen and oxygen atoms in total. The number of ether oxygens (including phenoxy) is 1. The number of nitrogens with zero attached hydrogens (tertiary/aromatic N) is 3. The molecule has 1 aliphatic carbocycles. The fraction of sp³-hybridized carbons (Fsp3) is 0.241. The SMILES string of the molecule is COc1ccc(C2c3cccn3-c3ccccc3N2C(=O)CN(C(=O)Cc2cccs2)C2CC2)cc1. The molecule has 0 saturated heterocycles. The van der Waals surface area contributed by atoms with Gasteiger partial charge in [-0.15, -0.1) is 11.3 Å². The normalized spacial score (nSPS) is 16.2. The van der Waals surface area contributed by atoms with Crippen molar-refractivity contribution in [1.82, 2.24) is 9.47 Å². The lowest BCUT2D eigenvalue weighted by molar-refractivity contribution is -0.135. The van der Waals surface area contributed by atoms with Crippen LogP contribution < -0.4 is 9.64 Å². The molecule has 1 atom stereocenters. The molecule has 36 heavy (non-hydrogen) atoms. The predicted molar refractivity (Wildman–Crippen MR) is 141 cm³/mol. The topological polar surface area (TPSA) is 54.8 Å². The van der Waals surface area contributed by atoms with Crippen molar-refractivity contribution in [2.24, 2.45) is 0 Å². The summed E-state index contributed by atoms with van der Waals surface area (Å²) in [6, 6.07) is 23.7. The lowest BCUT2D eigenvalue weighted by Crippen LogP contribution is -2.47. The Hall–Kier alpha value is -3.84. The molecule has 0 spiro atoms. The van der Waals surface area contributed by atoms with Gasteiger partial charge in [0.05, 0.1) is 30.6 Å². The average molecular weight is 498 g/mol. The third-order valence-electron chi connectivity index (χ3n) is 6.94. The van der Waals surface area contributed by atoms with Crippen LogP contribution in [0.15, 0.2) is 84.4 Å². The molecule has 3 heterocycles. The largest absolute Gasteiger partial charge is 0.497 e. The Labute approximate surface area is 214 Å². The smallest absolute Gasteiger partial charge is 0.247 e. The lowest BCUT2D eigenvalue weighted by atomic mass is 9.97. The van der Waals surface area contributed by atoms with Crippen LogP contribution >= 0.6 is 11.3 Å². The minimum atomic E-state index is -0.318. The van der Waals surface area contributed by atoms with Gasteiger partial charge < -0.3 is 14.2 Å². The number of benzene rings is 2. The molecule has 182 valence electrons. The van der Waals surface area contributed by atoms with Crippen LogP contribution in [0.2, 0.25) is 0 Å². The van der Waals surface area contributed by atoms with Crippen molar-refractivity contribution < 1.29 is 14.3 Å². The number of hydrogen-bond donors (Lipinski definition) is 0. The van der Waals surface area contributed by atoms with Crippen LogP contribution in [-0.2, 0) is 16.0 Å². The monoisotopic (exact) mass is 497 g/mol. The number of amides is 2. The third kappa shape index (κ3) is 4.09. The van der Waals surface area contributed by atoms with E-state index in [-0.39, 0.29) is 30.4 Å². The standard InChI is InChI=1S/C29H27N3O3S/c1-35-22-14-10-20(11-15-22)29-26-9-4-16-30(26)24-7-2-3-8-25(24)32(29)28(34)19-31(21-12-13-21)27(33)18-23-6-5-17-36-23/h2-11,14-17,21,29H,12-13,18-19H2,1H3. The number of methoxy groups -OCH3 is 1. The summed E-state index contributed by atoms with van der Waals surface area (Å²) in [5, 5.41) is 1.98. The molecule has 2 amide bonds. The Kier molecular flexibility index (Phi) is 5.85. The Balaban J connectivity index is 1.38. The molecule has 1 unspecified atom stereocenters. The van der Waals surface area contributed by atoms with Crippen molar-refractivity contribution >= 4 is 28.8 Å². The minimum Gasteiger partial charge on any atom is -0.497 e. The first-order valence-electron chi connectivity index (χ1n) is 12.2. The molecule has 0 N–H and O–H groups in total. The Morgan fingerprint density at radius 1 is 0.972 bits per heavy atom. The molecule has 2 aromatic carbocycles. The second-order valence-electron chi connectivity index (χ2n) is 9.24. The molecular formula is C29H27N3O3S. The summed E-state index contributed by atoms with van der Waals surface area (Å²) in [6.45, 7) is 0.0660. The van der Waals surface area contributed by atoms with Crippen molar-refractivity contribution in [1.29, 1.82) is 0 Å². The number of aromatic nitrogens is 1. The van der Waals surface area contributed by atoms with Crippen molar-refractivity contribution in [3.8, 4) is 11.4 Å². The van der Waals surface area contributed by atoms with Gasteiger partial charge in [0.15, 0.2) is 0 Å². The molecule has 1 aliphatic heterocycles. The second-order valence-corrected chi connectivity index (χ2v) is 10.3. The zero-order valence-electron chi connectivity index (χ0n) is 20.0. The average Bonchev–Trinajstić information content (AvgIpc) is 3.39. The molecule has 2 aliphatic rings. The number of hydrogen-bond acceptors (Lipinski definition) is 4. The Bertz CT molecular complexity index is 1390. The van der Waals surface area contributed by atoms with E-state index in [1.165, 1.54) is 0 Å². The maximum atomic E-state index is 14.1. The molecule has 7 heteroatoms. The van der Waals surface area contributed by atoms with Crippen LogP contribution in [0.25, 0.3) is 5.69 Å². The van der Waals surface area contributed by atoms with Crippen molar-refractivity contribution in [3.63, 3.8) is 0 Å². The second kappa shape index (κ2) is 9.32. The fourth-order valence-corrected chi connectivity index (χ4v) is 5.75. The third-order valence-corrected chi connectivity index (χ3v) is 7.82. The Morgan fingerprint density at radius 3 is 2.44 bits per heavy atom. The van der Waals surface area contributed by atoms with Crippen molar-refractivity contribution in [3.05, 3.63) is 101 Å². The van der Waals surface area contributed by atoms with Crippen molar-refractivity contribution in [2.75, 3.05) is 18.6 Å². The van der Waals surface area contributed by atoms with E-state index in [1.807, 2.05) is 83.2 Å². The van der Waals surface area contributed by atoms with E-state index in [1.54, 1.807) is 23.3 Å². The number of thiophene rings is 1. The summed E-state index contributed by atoms with van der Waals surface area (Å²) in [4.78, 5) is 32.1. The molecule has 0 bridgehead atoms. The van der Waals surface area contributed by atoms with Gasteiger partial charge in [0.1, 0.15) is 18.3 Å².